The summed E-state index contributed by atoms with van der Waals surface area (Å²) in [6.07, 6.45) is 2.49. The van der Waals surface area contributed by atoms with E-state index in [1.807, 2.05) is 0 Å². The predicted molar refractivity (Wildman–Crippen MR) is 62.1 cm³/mol. The fourth-order valence-electron chi connectivity index (χ4n) is 2.20. The van der Waals surface area contributed by atoms with Crippen LogP contribution in [0, 0.1) is 0 Å². The molecule has 3 nitrogen and oxygen atoms in total. The lowest BCUT2D eigenvalue weighted by molar-refractivity contribution is 0.00663. The van der Waals surface area contributed by atoms with Crippen LogP contribution < -0.4 is 5.32 Å². The zero-order valence-corrected chi connectivity index (χ0v) is 10.7. The molecule has 15 heavy (non-hydrogen) atoms. The molecular weight excluding hydrogens is 190 g/mol. The molecule has 1 N–H and O–H groups in total. The van der Waals surface area contributed by atoms with E-state index in [0.29, 0.717) is 18.2 Å². The average Bonchev–Trinajstić information content (AvgIpc) is 2.51. The largest absolute Gasteiger partial charge is 0.379 e. The minimum atomic E-state index is -0.0465. The van der Waals surface area contributed by atoms with Crippen LogP contribution in [-0.4, -0.2) is 37.5 Å². The van der Waals surface area contributed by atoms with Crippen LogP contribution in [-0.2, 0) is 9.47 Å². The van der Waals surface area contributed by atoms with Gasteiger partial charge < -0.3 is 14.8 Å². The molecule has 0 aromatic heterocycles. The molecule has 0 bridgehead atoms. The van der Waals surface area contributed by atoms with E-state index in [2.05, 4.69) is 33.0 Å². The molecule has 0 aliphatic carbocycles. The van der Waals surface area contributed by atoms with Crippen LogP contribution in [0.2, 0.25) is 0 Å². The van der Waals surface area contributed by atoms with Gasteiger partial charge >= 0.3 is 0 Å². The van der Waals surface area contributed by atoms with Crippen molar-refractivity contribution in [2.45, 2.75) is 64.3 Å². The van der Waals surface area contributed by atoms with Crippen molar-refractivity contribution in [1.82, 2.24) is 5.32 Å². The molecule has 0 aromatic carbocycles. The maximum atomic E-state index is 5.53. The van der Waals surface area contributed by atoms with Crippen LogP contribution in [0.25, 0.3) is 0 Å². The summed E-state index contributed by atoms with van der Waals surface area (Å²) in [5.74, 6) is 0. The van der Waals surface area contributed by atoms with E-state index in [1.165, 1.54) is 0 Å². The molecule has 3 atom stereocenters. The molecule has 0 spiro atoms. The maximum Gasteiger partial charge on any atom is 0.0700 e. The second-order valence-electron chi connectivity index (χ2n) is 5.21. The average molecular weight is 215 g/mol. The van der Waals surface area contributed by atoms with E-state index in [4.69, 9.17) is 9.47 Å². The zero-order valence-electron chi connectivity index (χ0n) is 10.7. The highest BCUT2D eigenvalue weighted by Gasteiger charge is 2.27. The van der Waals surface area contributed by atoms with E-state index in [1.54, 1.807) is 7.11 Å². The van der Waals surface area contributed by atoms with Crippen molar-refractivity contribution in [2.75, 3.05) is 13.7 Å². The Bertz CT molecular complexity index is 194. The molecule has 1 aliphatic rings. The highest BCUT2D eigenvalue weighted by Crippen LogP contribution is 2.18. The third-order valence-electron chi connectivity index (χ3n) is 3.23. The van der Waals surface area contributed by atoms with Gasteiger partial charge in [-0.2, -0.15) is 0 Å². The zero-order chi connectivity index (χ0) is 11.5. The molecule has 0 amide bonds. The molecule has 0 saturated carbocycles. The van der Waals surface area contributed by atoms with Crippen molar-refractivity contribution < 1.29 is 9.47 Å². The fourth-order valence-corrected chi connectivity index (χ4v) is 2.20. The molecule has 1 saturated heterocycles. The van der Waals surface area contributed by atoms with E-state index in [0.717, 1.165) is 19.4 Å². The minimum Gasteiger partial charge on any atom is -0.379 e. The Balaban J connectivity index is 2.32. The molecular formula is C12H25NO2. The monoisotopic (exact) mass is 215 g/mol. The Hall–Kier alpha value is -0.120. The van der Waals surface area contributed by atoms with Crippen molar-refractivity contribution in [1.29, 1.82) is 0 Å². The summed E-state index contributed by atoms with van der Waals surface area (Å²) in [7, 11) is 1.77. The lowest BCUT2D eigenvalue weighted by atomic mass is 9.98. The highest BCUT2D eigenvalue weighted by atomic mass is 16.5. The normalized spacial score (nSPS) is 29.4. The SMILES string of the molecule is COC(C)(C)CC(C)NC1CCOC1C. The molecule has 1 aliphatic heterocycles. The Labute approximate surface area is 93.5 Å². The number of methoxy groups -OCH3 is 1. The van der Waals surface area contributed by atoms with Gasteiger partial charge in [0.15, 0.2) is 0 Å². The van der Waals surface area contributed by atoms with Crippen LogP contribution in [0.5, 0.6) is 0 Å². The lowest BCUT2D eigenvalue weighted by Crippen LogP contribution is -2.44. The topological polar surface area (TPSA) is 30.5 Å². The molecule has 1 heterocycles. The van der Waals surface area contributed by atoms with Crippen molar-refractivity contribution in [3.63, 3.8) is 0 Å². The molecule has 3 unspecified atom stereocenters. The predicted octanol–water partition coefficient (Wildman–Crippen LogP) is 1.96. The van der Waals surface area contributed by atoms with Gasteiger partial charge in [-0.1, -0.05) is 0 Å². The summed E-state index contributed by atoms with van der Waals surface area (Å²) in [6, 6.07) is 0.974. The van der Waals surface area contributed by atoms with Crippen LogP contribution in [0.4, 0.5) is 0 Å². The Kier molecular flexibility index (Phi) is 4.56. The van der Waals surface area contributed by atoms with Gasteiger partial charge in [-0.05, 0) is 40.5 Å². The molecule has 3 heteroatoms. The van der Waals surface area contributed by atoms with Crippen LogP contribution in [0.1, 0.15) is 40.5 Å². The molecule has 1 fully saturated rings. The van der Waals surface area contributed by atoms with Crippen molar-refractivity contribution in [2.24, 2.45) is 0 Å². The highest BCUT2D eigenvalue weighted by molar-refractivity contribution is 4.84. The van der Waals surface area contributed by atoms with E-state index < -0.39 is 0 Å². The second kappa shape index (κ2) is 5.28. The van der Waals surface area contributed by atoms with Crippen LogP contribution in [0.15, 0.2) is 0 Å². The fraction of sp³-hybridized carbons (Fsp3) is 1.00. The first kappa shape index (κ1) is 12.9. The van der Waals surface area contributed by atoms with Crippen molar-refractivity contribution in [3.05, 3.63) is 0 Å². The molecule has 0 radical (unpaired) electrons. The second-order valence-corrected chi connectivity index (χ2v) is 5.21. The van der Waals surface area contributed by atoms with E-state index in [-0.39, 0.29) is 5.60 Å². The summed E-state index contributed by atoms with van der Waals surface area (Å²) in [5.41, 5.74) is -0.0465. The summed E-state index contributed by atoms with van der Waals surface area (Å²) >= 11 is 0. The van der Waals surface area contributed by atoms with Gasteiger partial charge in [-0.15, -0.1) is 0 Å². The third-order valence-corrected chi connectivity index (χ3v) is 3.23. The van der Waals surface area contributed by atoms with Gasteiger partial charge in [0.1, 0.15) is 0 Å². The van der Waals surface area contributed by atoms with Gasteiger partial charge in [0.05, 0.1) is 11.7 Å². The summed E-state index contributed by atoms with van der Waals surface area (Å²) in [4.78, 5) is 0. The maximum absolute atomic E-state index is 5.53. The quantitative estimate of drug-likeness (QED) is 0.760. The number of rotatable bonds is 5. The Morgan fingerprint density at radius 2 is 2.20 bits per heavy atom. The lowest BCUT2D eigenvalue weighted by Gasteiger charge is -2.29. The van der Waals surface area contributed by atoms with Crippen molar-refractivity contribution >= 4 is 0 Å². The number of nitrogens with one attached hydrogen (secondary N) is 1. The van der Waals surface area contributed by atoms with Gasteiger partial charge in [0.25, 0.3) is 0 Å². The summed E-state index contributed by atoms with van der Waals surface area (Å²) < 4.78 is 11.0. The first-order valence-electron chi connectivity index (χ1n) is 5.87. The first-order valence-corrected chi connectivity index (χ1v) is 5.87. The van der Waals surface area contributed by atoms with Gasteiger partial charge in [0.2, 0.25) is 0 Å². The smallest absolute Gasteiger partial charge is 0.0700 e. The van der Waals surface area contributed by atoms with Crippen LogP contribution >= 0.6 is 0 Å². The summed E-state index contributed by atoms with van der Waals surface area (Å²) in [6.45, 7) is 9.49. The molecule has 90 valence electrons. The standard InChI is InChI=1S/C12H25NO2/c1-9(8-12(3,4)14-5)13-11-6-7-15-10(11)2/h9-11,13H,6-8H2,1-5H3. The van der Waals surface area contributed by atoms with E-state index >= 15 is 0 Å². The molecule has 1 rings (SSSR count). The Morgan fingerprint density at radius 3 is 2.67 bits per heavy atom. The van der Waals surface area contributed by atoms with E-state index in [9.17, 15) is 0 Å². The van der Waals surface area contributed by atoms with Gasteiger partial charge in [0, 0.05) is 25.8 Å². The first-order chi connectivity index (χ1) is 6.94. The number of ether oxygens (including phenoxy) is 2. The third kappa shape index (κ3) is 4.09. The van der Waals surface area contributed by atoms with Gasteiger partial charge in [-0.3, -0.25) is 0 Å². The number of hydrogen-bond acceptors (Lipinski definition) is 3. The number of hydrogen-bond donors (Lipinski definition) is 1. The van der Waals surface area contributed by atoms with Crippen LogP contribution in [0.3, 0.4) is 0 Å². The Morgan fingerprint density at radius 1 is 1.53 bits per heavy atom. The minimum absolute atomic E-state index is 0.0465. The van der Waals surface area contributed by atoms with Gasteiger partial charge in [-0.25, -0.2) is 0 Å². The molecule has 0 aromatic rings. The van der Waals surface area contributed by atoms with Crippen molar-refractivity contribution in [3.8, 4) is 0 Å². The summed E-state index contributed by atoms with van der Waals surface area (Å²) in [5, 5.41) is 3.61.